The minimum atomic E-state index is -0.647. The molecular weight excluding hydrogens is 396 g/mol. The van der Waals surface area contributed by atoms with Gasteiger partial charge in [0.15, 0.2) is 0 Å². The van der Waals surface area contributed by atoms with Crippen molar-refractivity contribution in [1.29, 1.82) is 0 Å². The molecule has 0 amide bonds. The van der Waals surface area contributed by atoms with Gasteiger partial charge in [0.05, 0.1) is 11.0 Å². The number of aryl methyl sites for hydroxylation is 1. The molecule has 2 aromatic rings. The standard InChI is InChI=1S/C21H25ClN2O3S/c1-28-10-9-18-19-12-17(24(26)27)7-5-14(19)6-8-20(18)23-13-21(25)15-3-2-4-16(22)11-15/h2-5,7,11-12,18,20-21,23,25H,6,8-10,13H2,1H3/t18?,20-,21-/m0/s1. The van der Waals surface area contributed by atoms with Crippen LogP contribution in [0.3, 0.4) is 0 Å². The number of nitrogens with zero attached hydrogens (tertiary/aromatic N) is 1. The molecule has 2 N–H and O–H groups in total. The highest BCUT2D eigenvalue weighted by atomic mass is 35.5. The van der Waals surface area contributed by atoms with Gasteiger partial charge < -0.3 is 10.4 Å². The second kappa shape index (κ2) is 9.74. The van der Waals surface area contributed by atoms with Crippen molar-refractivity contribution in [3.05, 3.63) is 74.3 Å². The van der Waals surface area contributed by atoms with Gasteiger partial charge in [-0.1, -0.05) is 29.8 Å². The minimum absolute atomic E-state index is 0.146. The molecule has 3 rings (SSSR count). The summed E-state index contributed by atoms with van der Waals surface area (Å²) in [5.41, 5.74) is 3.20. The highest BCUT2D eigenvalue weighted by Crippen LogP contribution is 2.37. The van der Waals surface area contributed by atoms with E-state index < -0.39 is 6.10 Å². The molecule has 3 atom stereocenters. The fourth-order valence-corrected chi connectivity index (χ4v) is 4.63. The van der Waals surface area contributed by atoms with Crippen LogP contribution in [0.25, 0.3) is 0 Å². The van der Waals surface area contributed by atoms with Crippen molar-refractivity contribution in [2.75, 3.05) is 18.6 Å². The molecule has 0 heterocycles. The summed E-state index contributed by atoms with van der Waals surface area (Å²) in [6.45, 7) is 0.422. The van der Waals surface area contributed by atoms with Crippen molar-refractivity contribution in [1.82, 2.24) is 5.32 Å². The van der Waals surface area contributed by atoms with Crippen molar-refractivity contribution in [2.24, 2.45) is 0 Å². The smallest absolute Gasteiger partial charge is 0.269 e. The van der Waals surface area contributed by atoms with Crippen LogP contribution in [-0.4, -0.2) is 34.6 Å². The van der Waals surface area contributed by atoms with E-state index in [2.05, 4.69) is 11.6 Å². The van der Waals surface area contributed by atoms with E-state index in [4.69, 9.17) is 11.6 Å². The Hall–Kier alpha value is -1.60. The zero-order valence-electron chi connectivity index (χ0n) is 15.8. The van der Waals surface area contributed by atoms with Crippen molar-refractivity contribution in [2.45, 2.75) is 37.3 Å². The van der Waals surface area contributed by atoms with Crippen LogP contribution in [0.15, 0.2) is 42.5 Å². The van der Waals surface area contributed by atoms with Gasteiger partial charge in [-0.3, -0.25) is 10.1 Å². The second-order valence-corrected chi connectivity index (χ2v) is 8.57. The molecule has 0 spiro atoms. The third-order valence-corrected chi connectivity index (χ3v) is 6.27. The molecule has 7 heteroatoms. The summed E-state index contributed by atoms with van der Waals surface area (Å²) in [7, 11) is 0. The SMILES string of the molecule is CSCCC1c2cc([N+](=O)[O-])ccc2CC[C@@H]1NC[C@H](O)c1cccc(Cl)c1. The molecule has 0 aromatic heterocycles. The molecule has 0 bridgehead atoms. The van der Waals surface area contributed by atoms with Crippen molar-refractivity contribution < 1.29 is 10.0 Å². The van der Waals surface area contributed by atoms with Gasteiger partial charge in [0.1, 0.15) is 0 Å². The highest BCUT2D eigenvalue weighted by Gasteiger charge is 2.30. The van der Waals surface area contributed by atoms with E-state index in [0.29, 0.717) is 11.6 Å². The molecule has 0 aliphatic heterocycles. The Bertz CT molecular complexity index is 833. The lowest BCUT2D eigenvalue weighted by Crippen LogP contribution is -2.40. The Balaban J connectivity index is 1.76. The van der Waals surface area contributed by atoms with Crippen molar-refractivity contribution in [3.63, 3.8) is 0 Å². The molecule has 0 saturated heterocycles. The fraction of sp³-hybridized carbons (Fsp3) is 0.429. The number of halogens is 1. The van der Waals surface area contributed by atoms with Gasteiger partial charge in [0.25, 0.3) is 5.69 Å². The molecule has 2 aromatic carbocycles. The maximum atomic E-state index is 11.2. The van der Waals surface area contributed by atoms with Crippen LogP contribution >= 0.6 is 23.4 Å². The number of hydrogen-bond donors (Lipinski definition) is 2. The summed E-state index contributed by atoms with van der Waals surface area (Å²) >= 11 is 7.81. The number of nitro benzene ring substituents is 1. The number of hydrogen-bond acceptors (Lipinski definition) is 5. The summed E-state index contributed by atoms with van der Waals surface area (Å²) in [5, 5.41) is 25.9. The summed E-state index contributed by atoms with van der Waals surface area (Å²) < 4.78 is 0. The van der Waals surface area contributed by atoms with E-state index >= 15 is 0 Å². The van der Waals surface area contributed by atoms with Crippen LogP contribution in [0.2, 0.25) is 5.02 Å². The van der Waals surface area contributed by atoms with Crippen LogP contribution in [0.5, 0.6) is 0 Å². The number of non-ortho nitro benzene ring substituents is 1. The average Bonchev–Trinajstić information content (AvgIpc) is 2.70. The lowest BCUT2D eigenvalue weighted by Gasteiger charge is -2.35. The van der Waals surface area contributed by atoms with Gasteiger partial charge in [0, 0.05) is 35.7 Å². The Morgan fingerprint density at radius 3 is 2.89 bits per heavy atom. The van der Waals surface area contributed by atoms with E-state index in [-0.39, 0.29) is 22.6 Å². The van der Waals surface area contributed by atoms with Crippen LogP contribution in [0.1, 0.15) is 41.6 Å². The topological polar surface area (TPSA) is 75.4 Å². The van der Waals surface area contributed by atoms with Gasteiger partial charge in [0.2, 0.25) is 0 Å². The maximum Gasteiger partial charge on any atom is 0.269 e. The van der Waals surface area contributed by atoms with E-state index in [1.807, 2.05) is 18.2 Å². The lowest BCUT2D eigenvalue weighted by atomic mass is 9.77. The zero-order valence-corrected chi connectivity index (χ0v) is 17.4. The normalized spacial score (nSPS) is 19.8. The van der Waals surface area contributed by atoms with Crippen LogP contribution in [-0.2, 0) is 6.42 Å². The number of aliphatic hydroxyl groups is 1. The number of thioether (sulfide) groups is 1. The first-order chi connectivity index (χ1) is 13.5. The summed E-state index contributed by atoms with van der Waals surface area (Å²) in [6.07, 6.45) is 4.20. The molecule has 28 heavy (non-hydrogen) atoms. The Morgan fingerprint density at radius 1 is 1.36 bits per heavy atom. The van der Waals surface area contributed by atoms with Crippen LogP contribution in [0.4, 0.5) is 5.69 Å². The molecule has 5 nitrogen and oxygen atoms in total. The Kier molecular flexibility index (Phi) is 7.35. The summed E-state index contributed by atoms with van der Waals surface area (Å²) in [5.74, 6) is 1.18. The number of nitrogens with one attached hydrogen (secondary N) is 1. The first kappa shape index (κ1) is 21.1. The number of nitro groups is 1. The van der Waals surface area contributed by atoms with E-state index in [1.165, 1.54) is 5.56 Å². The molecule has 1 aliphatic carbocycles. The second-order valence-electron chi connectivity index (χ2n) is 7.15. The van der Waals surface area contributed by atoms with Gasteiger partial charge in [-0.2, -0.15) is 11.8 Å². The molecular formula is C21H25ClN2O3S. The first-order valence-corrected chi connectivity index (χ1v) is 11.2. The lowest BCUT2D eigenvalue weighted by molar-refractivity contribution is -0.385. The molecule has 0 radical (unpaired) electrons. The zero-order chi connectivity index (χ0) is 20.1. The molecule has 1 unspecified atom stereocenters. The maximum absolute atomic E-state index is 11.2. The van der Waals surface area contributed by atoms with Crippen LogP contribution in [0, 0.1) is 10.1 Å². The summed E-state index contributed by atoms with van der Waals surface area (Å²) in [4.78, 5) is 10.9. The number of fused-ring (bicyclic) bond motifs is 1. The summed E-state index contributed by atoms with van der Waals surface area (Å²) in [6, 6.07) is 12.7. The highest BCUT2D eigenvalue weighted by molar-refractivity contribution is 7.98. The van der Waals surface area contributed by atoms with Crippen molar-refractivity contribution in [3.8, 4) is 0 Å². The van der Waals surface area contributed by atoms with Gasteiger partial charge in [-0.15, -0.1) is 0 Å². The quantitative estimate of drug-likeness (QED) is 0.477. The van der Waals surface area contributed by atoms with E-state index in [9.17, 15) is 15.2 Å². The molecule has 1 aliphatic rings. The van der Waals surface area contributed by atoms with Crippen molar-refractivity contribution >= 4 is 29.1 Å². The predicted octanol–water partition coefficient (Wildman–Crippen LogP) is 4.72. The van der Waals surface area contributed by atoms with Crippen LogP contribution < -0.4 is 5.32 Å². The van der Waals surface area contributed by atoms with Gasteiger partial charge in [-0.05, 0) is 60.1 Å². The Morgan fingerprint density at radius 2 is 2.18 bits per heavy atom. The third kappa shape index (κ3) is 5.06. The van der Waals surface area contributed by atoms with Gasteiger partial charge >= 0.3 is 0 Å². The molecule has 0 saturated carbocycles. The number of aliphatic hydroxyl groups excluding tert-OH is 1. The van der Waals surface area contributed by atoms with E-state index in [1.54, 1.807) is 36.0 Å². The average molecular weight is 421 g/mol. The fourth-order valence-electron chi connectivity index (χ4n) is 3.94. The monoisotopic (exact) mass is 420 g/mol. The predicted molar refractivity (Wildman–Crippen MR) is 115 cm³/mol. The Labute approximate surface area is 174 Å². The van der Waals surface area contributed by atoms with Gasteiger partial charge in [-0.25, -0.2) is 0 Å². The van der Waals surface area contributed by atoms with E-state index in [0.717, 1.165) is 36.1 Å². The number of benzene rings is 2. The molecule has 150 valence electrons. The molecule has 0 fully saturated rings. The third-order valence-electron chi connectivity index (χ3n) is 5.39. The first-order valence-electron chi connectivity index (χ1n) is 9.42. The largest absolute Gasteiger partial charge is 0.387 e. The number of rotatable bonds is 8. The minimum Gasteiger partial charge on any atom is -0.387 e.